The first kappa shape index (κ1) is 57.6. The van der Waals surface area contributed by atoms with Crippen LogP contribution in [0.3, 0.4) is 0 Å². The average molecular weight is 834 g/mol. The minimum atomic E-state index is -0.673. The molecule has 6 heteroatoms. The molecular weight excluding hydrogens is 731 g/mol. The Labute approximate surface area is 368 Å². The standard InChI is InChI=1S/C53H103NO5/c1-3-5-7-9-11-13-15-17-22-25-29-33-37-41-45-51(56)50(49-55)54-52(57)46-42-38-34-30-26-23-20-18-19-21-24-28-32-36-40-44-48-59-53(58)47-43-39-35-31-27-16-14-12-10-8-6-4-2/h18,20,50-51,55-56H,3-17,19,21-49H2,1-2H3,(H,54,57)/b20-18-. The maximum Gasteiger partial charge on any atom is 0.305 e. The fraction of sp³-hybridized carbons (Fsp3) is 0.925. The van der Waals surface area contributed by atoms with Crippen LogP contribution in [0.15, 0.2) is 12.2 Å². The molecule has 0 aliphatic carbocycles. The molecule has 0 bridgehead atoms. The van der Waals surface area contributed by atoms with E-state index in [4.69, 9.17) is 4.74 Å². The van der Waals surface area contributed by atoms with Crippen molar-refractivity contribution in [2.45, 2.75) is 302 Å². The number of aliphatic hydroxyl groups excluding tert-OH is 2. The van der Waals surface area contributed by atoms with Crippen molar-refractivity contribution in [2.24, 2.45) is 0 Å². The summed E-state index contributed by atoms with van der Waals surface area (Å²) in [5.74, 6) is -0.0530. The molecule has 0 aromatic carbocycles. The Morgan fingerprint density at radius 1 is 0.458 bits per heavy atom. The molecule has 350 valence electrons. The first-order valence-corrected chi connectivity index (χ1v) is 26.4. The number of amides is 1. The summed E-state index contributed by atoms with van der Waals surface area (Å²) in [5, 5.41) is 23.2. The summed E-state index contributed by atoms with van der Waals surface area (Å²) < 4.78 is 5.45. The van der Waals surface area contributed by atoms with E-state index in [2.05, 4.69) is 31.3 Å². The summed E-state index contributed by atoms with van der Waals surface area (Å²) in [5.41, 5.74) is 0. The third-order valence-corrected chi connectivity index (χ3v) is 12.3. The van der Waals surface area contributed by atoms with Gasteiger partial charge in [0.2, 0.25) is 5.91 Å². The minimum absolute atomic E-state index is 0.00195. The quantitative estimate of drug-likeness (QED) is 0.0322. The second-order valence-corrected chi connectivity index (χ2v) is 18.2. The number of carbonyl (C=O) groups excluding carboxylic acids is 2. The van der Waals surface area contributed by atoms with E-state index >= 15 is 0 Å². The van der Waals surface area contributed by atoms with E-state index in [0.717, 1.165) is 64.2 Å². The van der Waals surface area contributed by atoms with Gasteiger partial charge in [0.05, 0.1) is 25.4 Å². The number of nitrogens with one attached hydrogen (secondary N) is 1. The number of esters is 1. The number of ether oxygens (including phenoxy) is 1. The molecule has 0 saturated carbocycles. The van der Waals surface area contributed by atoms with E-state index in [1.807, 2.05) is 0 Å². The third-order valence-electron chi connectivity index (χ3n) is 12.3. The summed E-state index contributed by atoms with van der Waals surface area (Å²) in [7, 11) is 0. The molecule has 3 N–H and O–H groups in total. The van der Waals surface area contributed by atoms with Crippen molar-refractivity contribution in [2.75, 3.05) is 13.2 Å². The van der Waals surface area contributed by atoms with Gasteiger partial charge in [-0.25, -0.2) is 0 Å². The van der Waals surface area contributed by atoms with Gasteiger partial charge in [-0.1, -0.05) is 238 Å². The van der Waals surface area contributed by atoms with Crippen LogP contribution >= 0.6 is 0 Å². The molecular formula is C53H103NO5. The van der Waals surface area contributed by atoms with E-state index < -0.39 is 12.1 Å². The van der Waals surface area contributed by atoms with Crippen molar-refractivity contribution in [3.8, 4) is 0 Å². The van der Waals surface area contributed by atoms with Gasteiger partial charge in [-0.15, -0.1) is 0 Å². The Balaban J connectivity index is 3.46. The minimum Gasteiger partial charge on any atom is -0.466 e. The predicted octanol–water partition coefficient (Wildman–Crippen LogP) is 15.7. The molecule has 59 heavy (non-hydrogen) atoms. The maximum absolute atomic E-state index is 12.4. The summed E-state index contributed by atoms with van der Waals surface area (Å²) in [6, 6.07) is -0.552. The Morgan fingerprint density at radius 3 is 1.20 bits per heavy atom. The smallest absolute Gasteiger partial charge is 0.305 e. The summed E-state index contributed by atoms with van der Waals surface area (Å²) in [4.78, 5) is 24.4. The van der Waals surface area contributed by atoms with Gasteiger partial charge in [0.25, 0.3) is 0 Å². The number of aliphatic hydroxyl groups is 2. The van der Waals surface area contributed by atoms with Crippen LogP contribution in [-0.4, -0.2) is 47.4 Å². The normalized spacial score (nSPS) is 12.7. The monoisotopic (exact) mass is 834 g/mol. The van der Waals surface area contributed by atoms with Gasteiger partial charge in [0.15, 0.2) is 0 Å². The number of carbonyl (C=O) groups is 2. The van der Waals surface area contributed by atoms with Crippen LogP contribution in [0, 0.1) is 0 Å². The average Bonchev–Trinajstić information content (AvgIpc) is 3.24. The van der Waals surface area contributed by atoms with E-state index in [0.29, 0.717) is 25.9 Å². The van der Waals surface area contributed by atoms with Crippen molar-refractivity contribution >= 4 is 11.9 Å². The molecule has 6 nitrogen and oxygen atoms in total. The van der Waals surface area contributed by atoms with Crippen LogP contribution < -0.4 is 5.32 Å². The molecule has 0 aliphatic rings. The number of unbranched alkanes of at least 4 members (excludes halogenated alkanes) is 36. The lowest BCUT2D eigenvalue weighted by Gasteiger charge is -2.22. The Bertz CT molecular complexity index is 878. The lowest BCUT2D eigenvalue weighted by atomic mass is 10.0. The third kappa shape index (κ3) is 45.9. The highest BCUT2D eigenvalue weighted by atomic mass is 16.5. The molecule has 0 fully saturated rings. The van der Waals surface area contributed by atoms with Gasteiger partial charge in [0, 0.05) is 12.8 Å². The molecule has 1 amide bonds. The lowest BCUT2D eigenvalue weighted by Crippen LogP contribution is -2.45. The molecule has 0 aliphatic heterocycles. The van der Waals surface area contributed by atoms with E-state index in [-0.39, 0.29) is 18.5 Å². The SMILES string of the molecule is CCCCCCCCCCCCCCCCC(O)C(CO)NC(=O)CCCCCCC/C=C\CCCCCCCCCOC(=O)CCCCCCCCCCCCCC. The van der Waals surface area contributed by atoms with E-state index in [1.54, 1.807) is 0 Å². The second kappa shape index (κ2) is 49.3. The van der Waals surface area contributed by atoms with Crippen molar-refractivity contribution in [3.05, 3.63) is 12.2 Å². The first-order chi connectivity index (χ1) is 29.0. The van der Waals surface area contributed by atoms with Crippen molar-refractivity contribution in [1.82, 2.24) is 5.32 Å². The van der Waals surface area contributed by atoms with Crippen molar-refractivity contribution < 1.29 is 24.5 Å². The van der Waals surface area contributed by atoms with E-state index in [1.165, 1.54) is 193 Å². The van der Waals surface area contributed by atoms with E-state index in [9.17, 15) is 19.8 Å². The highest BCUT2D eigenvalue weighted by Gasteiger charge is 2.20. The molecule has 0 heterocycles. The number of rotatable bonds is 49. The van der Waals surface area contributed by atoms with Gasteiger partial charge in [-0.05, 0) is 51.4 Å². The zero-order valence-corrected chi connectivity index (χ0v) is 39.7. The summed E-state index contributed by atoms with van der Waals surface area (Å²) in [6.07, 6.45) is 56.1. The van der Waals surface area contributed by atoms with Crippen LogP contribution in [-0.2, 0) is 14.3 Å². The van der Waals surface area contributed by atoms with Gasteiger partial charge < -0.3 is 20.3 Å². The highest BCUT2D eigenvalue weighted by molar-refractivity contribution is 5.76. The molecule has 0 saturated heterocycles. The number of allylic oxidation sites excluding steroid dienone is 2. The lowest BCUT2D eigenvalue weighted by molar-refractivity contribution is -0.143. The predicted molar refractivity (Wildman–Crippen MR) is 255 cm³/mol. The van der Waals surface area contributed by atoms with Crippen LogP contribution in [0.25, 0.3) is 0 Å². The second-order valence-electron chi connectivity index (χ2n) is 18.2. The Hall–Kier alpha value is -1.40. The molecule has 0 aromatic heterocycles. The van der Waals surface area contributed by atoms with Crippen LogP contribution in [0.5, 0.6) is 0 Å². The van der Waals surface area contributed by atoms with Crippen LogP contribution in [0.1, 0.15) is 290 Å². The molecule has 0 spiro atoms. The molecule has 2 unspecified atom stereocenters. The fourth-order valence-corrected chi connectivity index (χ4v) is 8.22. The summed E-state index contributed by atoms with van der Waals surface area (Å²) in [6.45, 7) is 4.93. The Morgan fingerprint density at radius 2 is 0.797 bits per heavy atom. The number of hydrogen-bond acceptors (Lipinski definition) is 5. The van der Waals surface area contributed by atoms with Crippen LogP contribution in [0.2, 0.25) is 0 Å². The van der Waals surface area contributed by atoms with Crippen molar-refractivity contribution in [1.29, 1.82) is 0 Å². The molecule has 0 radical (unpaired) electrons. The van der Waals surface area contributed by atoms with Gasteiger partial charge >= 0.3 is 5.97 Å². The Kier molecular flexibility index (Phi) is 48.1. The number of hydrogen-bond donors (Lipinski definition) is 3. The highest BCUT2D eigenvalue weighted by Crippen LogP contribution is 2.16. The van der Waals surface area contributed by atoms with Gasteiger partial charge in [-0.2, -0.15) is 0 Å². The topological polar surface area (TPSA) is 95.9 Å². The first-order valence-electron chi connectivity index (χ1n) is 26.4. The van der Waals surface area contributed by atoms with Gasteiger partial charge in [0.1, 0.15) is 0 Å². The van der Waals surface area contributed by atoms with Crippen LogP contribution in [0.4, 0.5) is 0 Å². The zero-order valence-electron chi connectivity index (χ0n) is 39.7. The molecule has 0 aromatic rings. The zero-order chi connectivity index (χ0) is 43.0. The molecule has 0 rings (SSSR count). The summed E-state index contributed by atoms with van der Waals surface area (Å²) >= 11 is 0. The molecule has 2 atom stereocenters. The van der Waals surface area contributed by atoms with Gasteiger partial charge in [-0.3, -0.25) is 9.59 Å². The largest absolute Gasteiger partial charge is 0.466 e. The maximum atomic E-state index is 12.4. The van der Waals surface area contributed by atoms with Crippen molar-refractivity contribution in [3.63, 3.8) is 0 Å². The fourth-order valence-electron chi connectivity index (χ4n) is 8.22.